The van der Waals surface area contributed by atoms with E-state index in [9.17, 15) is 4.79 Å². The Bertz CT molecular complexity index is 1330. The number of hydrogen-bond acceptors (Lipinski definition) is 6. The van der Waals surface area contributed by atoms with Crippen LogP contribution in [0.3, 0.4) is 0 Å². The average molecular weight is 444 g/mol. The first-order valence-electron chi connectivity index (χ1n) is 9.06. The van der Waals surface area contributed by atoms with E-state index in [4.69, 9.17) is 33.3 Å². The van der Waals surface area contributed by atoms with Crippen LogP contribution in [0.2, 0.25) is 5.02 Å². The normalized spacial score (nSPS) is 11.0. The topological polar surface area (TPSA) is 87.0 Å². The van der Waals surface area contributed by atoms with E-state index < -0.39 is 0 Å². The Morgan fingerprint density at radius 2 is 1.90 bits per heavy atom. The summed E-state index contributed by atoms with van der Waals surface area (Å²) in [5.74, 6) is 1.55. The molecule has 30 heavy (non-hydrogen) atoms. The maximum Gasteiger partial charge on any atom is 0.278 e. The molecule has 0 atom stereocenters. The molecule has 2 heterocycles. The van der Waals surface area contributed by atoms with Crippen LogP contribution in [0.4, 0.5) is 0 Å². The summed E-state index contributed by atoms with van der Waals surface area (Å²) in [4.78, 5) is 13.1. The van der Waals surface area contributed by atoms with Crippen molar-refractivity contribution >= 4 is 34.6 Å². The van der Waals surface area contributed by atoms with E-state index in [-0.39, 0.29) is 5.56 Å². The lowest BCUT2D eigenvalue weighted by molar-refractivity contribution is 0.358. The molecular formula is C20H18ClN5O3S. The van der Waals surface area contributed by atoms with Crippen molar-refractivity contribution < 1.29 is 9.47 Å². The molecule has 154 valence electrons. The second kappa shape index (κ2) is 8.29. The molecule has 2 aromatic heterocycles. The van der Waals surface area contributed by atoms with E-state index >= 15 is 0 Å². The summed E-state index contributed by atoms with van der Waals surface area (Å²) in [6.45, 7) is 0.308. The number of aromatic amines is 1. The molecule has 0 radical (unpaired) electrons. The molecule has 10 heteroatoms. The second-order valence-corrected chi connectivity index (χ2v) is 7.27. The zero-order chi connectivity index (χ0) is 21.3. The van der Waals surface area contributed by atoms with Crippen molar-refractivity contribution in [3.8, 4) is 17.2 Å². The van der Waals surface area contributed by atoms with Gasteiger partial charge in [0.05, 0.1) is 32.3 Å². The smallest absolute Gasteiger partial charge is 0.278 e. The molecule has 0 aliphatic carbocycles. The number of aromatic nitrogens is 5. The first-order chi connectivity index (χ1) is 14.5. The number of nitrogens with zero attached hydrogens (tertiary/aromatic N) is 4. The van der Waals surface area contributed by atoms with Crippen molar-refractivity contribution in [2.45, 2.75) is 13.0 Å². The van der Waals surface area contributed by atoms with Gasteiger partial charge in [0.25, 0.3) is 5.56 Å². The maximum absolute atomic E-state index is 13.1. The summed E-state index contributed by atoms with van der Waals surface area (Å²) < 4.78 is 14.4. The number of fused-ring (bicyclic) bond motifs is 1. The lowest BCUT2D eigenvalue weighted by atomic mass is 10.1. The molecule has 0 saturated carbocycles. The van der Waals surface area contributed by atoms with Gasteiger partial charge in [-0.05, 0) is 48.6 Å². The van der Waals surface area contributed by atoms with Gasteiger partial charge in [0.15, 0.2) is 16.3 Å². The van der Waals surface area contributed by atoms with Gasteiger partial charge in [0, 0.05) is 22.5 Å². The maximum atomic E-state index is 13.1. The van der Waals surface area contributed by atoms with Crippen LogP contribution in [0.15, 0.2) is 47.4 Å². The summed E-state index contributed by atoms with van der Waals surface area (Å²) in [6.07, 6.45) is 2.06. The predicted molar refractivity (Wildman–Crippen MR) is 117 cm³/mol. The quantitative estimate of drug-likeness (QED) is 0.458. The molecule has 4 aromatic rings. The predicted octanol–water partition coefficient (Wildman–Crippen LogP) is 3.55. The highest BCUT2D eigenvalue weighted by Crippen LogP contribution is 2.32. The van der Waals surface area contributed by atoms with Crippen LogP contribution in [-0.4, -0.2) is 38.8 Å². The average Bonchev–Trinajstić information content (AvgIpc) is 3.13. The van der Waals surface area contributed by atoms with E-state index in [0.717, 1.165) is 5.69 Å². The van der Waals surface area contributed by atoms with Gasteiger partial charge in [0.1, 0.15) is 5.82 Å². The Balaban J connectivity index is 1.70. The van der Waals surface area contributed by atoms with Crippen molar-refractivity contribution in [2.75, 3.05) is 14.2 Å². The van der Waals surface area contributed by atoms with Crippen LogP contribution in [0.25, 0.3) is 16.5 Å². The summed E-state index contributed by atoms with van der Waals surface area (Å²) in [7, 11) is 3.04. The highest BCUT2D eigenvalue weighted by molar-refractivity contribution is 7.71. The fourth-order valence-corrected chi connectivity index (χ4v) is 3.69. The van der Waals surface area contributed by atoms with Gasteiger partial charge in [-0.25, -0.2) is 4.68 Å². The van der Waals surface area contributed by atoms with Crippen LogP contribution in [-0.2, 0) is 13.0 Å². The van der Waals surface area contributed by atoms with Gasteiger partial charge >= 0.3 is 0 Å². The highest BCUT2D eigenvalue weighted by atomic mass is 35.5. The number of methoxy groups -OCH3 is 2. The van der Waals surface area contributed by atoms with Crippen LogP contribution >= 0.6 is 23.8 Å². The molecule has 1 N–H and O–H groups in total. The minimum atomic E-state index is -0.268. The fraction of sp³-hybridized carbons (Fsp3) is 0.200. The van der Waals surface area contributed by atoms with E-state index in [1.54, 1.807) is 35.0 Å². The number of H-pyrrole nitrogens is 1. The molecule has 0 bridgehead atoms. The molecule has 0 spiro atoms. The summed E-state index contributed by atoms with van der Waals surface area (Å²) >= 11 is 11.3. The summed E-state index contributed by atoms with van der Waals surface area (Å²) in [6, 6.07) is 10.8. The molecule has 0 aliphatic rings. The Hall–Kier alpha value is -3.17. The molecule has 0 fully saturated rings. The molecule has 4 rings (SSSR count). The van der Waals surface area contributed by atoms with Crippen LogP contribution in [0.5, 0.6) is 11.5 Å². The first-order valence-corrected chi connectivity index (χ1v) is 9.85. The second-order valence-electron chi connectivity index (χ2n) is 6.44. The number of benzene rings is 2. The van der Waals surface area contributed by atoms with Crippen molar-refractivity contribution in [1.82, 2.24) is 24.5 Å². The number of hydrogen-bond donors (Lipinski definition) is 1. The van der Waals surface area contributed by atoms with Gasteiger partial charge < -0.3 is 9.47 Å². The van der Waals surface area contributed by atoms with Crippen molar-refractivity contribution in [2.24, 2.45) is 0 Å². The van der Waals surface area contributed by atoms with E-state index in [2.05, 4.69) is 15.3 Å². The Kier molecular flexibility index (Phi) is 5.56. The minimum Gasteiger partial charge on any atom is -0.493 e. The molecule has 2 aromatic carbocycles. The number of aryl methyl sites for hydroxylation is 2. The van der Waals surface area contributed by atoms with Gasteiger partial charge in [-0.3, -0.25) is 14.5 Å². The zero-order valence-electron chi connectivity index (χ0n) is 16.3. The molecule has 0 unspecified atom stereocenters. The molecular weight excluding hydrogens is 426 g/mol. The van der Waals surface area contributed by atoms with Crippen molar-refractivity contribution in [3.63, 3.8) is 0 Å². The summed E-state index contributed by atoms with van der Waals surface area (Å²) in [5.41, 5.74) is 0.564. The van der Waals surface area contributed by atoms with Gasteiger partial charge in [-0.1, -0.05) is 11.6 Å². The Morgan fingerprint density at radius 3 is 2.60 bits per heavy atom. The lowest BCUT2D eigenvalue weighted by Gasteiger charge is -2.12. The molecule has 0 amide bonds. The number of halogens is 1. The number of nitrogens with one attached hydrogen (secondary N) is 1. The third kappa shape index (κ3) is 3.57. The first kappa shape index (κ1) is 20.1. The third-order valence-corrected chi connectivity index (χ3v) is 5.26. The van der Waals surface area contributed by atoms with Crippen molar-refractivity contribution in [3.05, 3.63) is 68.6 Å². The van der Waals surface area contributed by atoms with Crippen LogP contribution < -0.4 is 15.0 Å². The zero-order valence-corrected chi connectivity index (χ0v) is 17.8. The summed E-state index contributed by atoms with van der Waals surface area (Å²) in [5, 5.41) is 13.1. The lowest BCUT2D eigenvalue weighted by Crippen LogP contribution is -2.24. The molecule has 0 saturated heterocycles. The third-order valence-electron chi connectivity index (χ3n) is 4.74. The molecule has 0 aliphatic heterocycles. The van der Waals surface area contributed by atoms with Gasteiger partial charge in [0.2, 0.25) is 0 Å². The van der Waals surface area contributed by atoms with Crippen LogP contribution in [0, 0.1) is 4.77 Å². The van der Waals surface area contributed by atoms with E-state index in [0.29, 0.717) is 50.9 Å². The van der Waals surface area contributed by atoms with Gasteiger partial charge in [-0.15, -0.1) is 0 Å². The highest BCUT2D eigenvalue weighted by Gasteiger charge is 2.15. The van der Waals surface area contributed by atoms with E-state index in [1.165, 1.54) is 18.9 Å². The minimum absolute atomic E-state index is 0.268. The van der Waals surface area contributed by atoms with E-state index in [1.807, 2.05) is 12.1 Å². The van der Waals surface area contributed by atoms with Gasteiger partial charge in [-0.2, -0.15) is 10.2 Å². The number of rotatable bonds is 6. The largest absolute Gasteiger partial charge is 0.493 e. The standard InChI is InChI=1S/C20H18ClN5O3S/c1-28-15-8-3-12-11-22-25(19(27)17(12)18(15)29-2)10-9-16-23-24-20(30)26(16)14-6-4-13(21)5-7-14/h3-8,11H,9-10H2,1-2H3,(H,24,30). The fourth-order valence-electron chi connectivity index (χ4n) is 3.30. The SMILES string of the molecule is COc1ccc2cnn(CCc3n[nH]c(=S)n3-c3ccc(Cl)cc3)c(=O)c2c1OC. The monoisotopic (exact) mass is 443 g/mol. The Morgan fingerprint density at radius 1 is 1.13 bits per heavy atom. The number of ether oxygens (including phenoxy) is 2. The molecule has 8 nitrogen and oxygen atoms in total. The van der Waals surface area contributed by atoms with Crippen LogP contribution in [0.1, 0.15) is 5.82 Å². The van der Waals surface area contributed by atoms with Crippen molar-refractivity contribution in [1.29, 1.82) is 0 Å². The Labute approximate surface area is 181 Å².